The summed E-state index contributed by atoms with van der Waals surface area (Å²) >= 11 is 0. The first-order valence-corrected chi connectivity index (χ1v) is 6.87. The van der Waals surface area contributed by atoms with E-state index >= 15 is 0 Å². The summed E-state index contributed by atoms with van der Waals surface area (Å²) in [6.45, 7) is 0.688. The third-order valence-corrected chi connectivity index (χ3v) is 4.03. The molecule has 0 bridgehead atoms. The molecule has 0 aromatic heterocycles. The van der Waals surface area contributed by atoms with E-state index in [1.165, 1.54) is 6.92 Å². The van der Waals surface area contributed by atoms with Crippen molar-refractivity contribution in [3.63, 3.8) is 0 Å². The number of sulfonamides is 1. The zero-order valence-corrected chi connectivity index (χ0v) is 10.9. The molecule has 0 aliphatic heterocycles. The Hall–Kier alpha value is -1.74. The molecule has 106 valence electrons. The monoisotopic (exact) mass is 293 g/mol. The highest BCUT2D eigenvalue weighted by Crippen LogP contribution is 2.21. The van der Waals surface area contributed by atoms with Gasteiger partial charge in [0.05, 0.1) is 11.4 Å². The van der Waals surface area contributed by atoms with Crippen LogP contribution in [0, 0.1) is 11.6 Å². The van der Waals surface area contributed by atoms with Gasteiger partial charge in [0.15, 0.2) is 0 Å². The Morgan fingerprint density at radius 3 is 2.26 bits per heavy atom. The number of nitrogens with one attached hydrogen (secondary N) is 1. The van der Waals surface area contributed by atoms with E-state index in [9.17, 15) is 22.0 Å². The number of nitrogens with two attached hydrogens (primary N) is 1. The van der Waals surface area contributed by atoms with Gasteiger partial charge in [0, 0.05) is 6.07 Å². The zero-order valence-electron chi connectivity index (χ0n) is 10.1. The molecule has 0 saturated heterocycles. The lowest BCUT2D eigenvalue weighted by Gasteiger charge is -2.22. The van der Waals surface area contributed by atoms with E-state index in [-0.39, 0.29) is 11.4 Å². The minimum Gasteiger partial charge on any atom is -0.293 e. The molecule has 0 saturated carbocycles. The van der Waals surface area contributed by atoms with Crippen LogP contribution < -0.4 is 15.6 Å². The van der Waals surface area contributed by atoms with Crippen LogP contribution in [0.4, 0.5) is 14.5 Å². The third-order valence-electron chi connectivity index (χ3n) is 2.28. The Morgan fingerprint density at radius 2 is 1.84 bits per heavy atom. The van der Waals surface area contributed by atoms with Crippen molar-refractivity contribution in [3.8, 4) is 0 Å². The molecule has 0 aliphatic rings. The maximum Gasteiger partial charge on any atom is 0.254 e. The van der Waals surface area contributed by atoms with Gasteiger partial charge >= 0.3 is 0 Å². The number of benzene rings is 1. The molecule has 3 N–H and O–H groups in total. The predicted molar refractivity (Wildman–Crippen MR) is 65.5 cm³/mol. The number of hydrazine groups is 1. The molecule has 1 aromatic carbocycles. The van der Waals surface area contributed by atoms with Gasteiger partial charge in [-0.25, -0.2) is 23.0 Å². The van der Waals surface area contributed by atoms with Crippen LogP contribution in [0.3, 0.4) is 0 Å². The molecular weight excluding hydrogens is 280 g/mol. The van der Waals surface area contributed by atoms with E-state index in [4.69, 9.17) is 5.84 Å². The summed E-state index contributed by atoms with van der Waals surface area (Å²) in [5, 5.41) is 0. The molecule has 0 aliphatic carbocycles. The van der Waals surface area contributed by atoms with Gasteiger partial charge in [-0.3, -0.25) is 14.5 Å². The number of hydrogen-bond acceptors (Lipinski definition) is 4. The van der Waals surface area contributed by atoms with Gasteiger partial charge in [0.2, 0.25) is 10.0 Å². The molecule has 0 spiro atoms. The highest BCUT2D eigenvalue weighted by molar-refractivity contribution is 7.92. The second kappa shape index (κ2) is 5.93. The minimum absolute atomic E-state index is 0.275. The minimum atomic E-state index is -3.87. The first-order valence-electron chi connectivity index (χ1n) is 5.26. The molecule has 0 heterocycles. The van der Waals surface area contributed by atoms with E-state index in [0.29, 0.717) is 10.4 Å². The first-order chi connectivity index (χ1) is 8.80. The number of hydrogen-bond donors (Lipinski definition) is 2. The predicted octanol–water partition coefficient (Wildman–Crippen LogP) is 0.111. The average molecular weight is 293 g/mol. The summed E-state index contributed by atoms with van der Waals surface area (Å²) in [7, 11) is -3.87. The molecule has 1 aromatic rings. The lowest BCUT2D eigenvalue weighted by molar-refractivity contribution is -0.119. The van der Waals surface area contributed by atoms with E-state index in [1.807, 2.05) is 0 Å². The molecule has 0 radical (unpaired) electrons. The van der Waals surface area contributed by atoms with Crippen molar-refractivity contribution in [2.75, 3.05) is 16.6 Å². The number of carbonyl (C=O) groups excluding carboxylic acids is 1. The molecular formula is C10H13F2N3O3S. The van der Waals surface area contributed by atoms with Crippen LogP contribution >= 0.6 is 0 Å². The summed E-state index contributed by atoms with van der Waals surface area (Å²) in [5.41, 5.74) is 1.48. The van der Waals surface area contributed by atoms with Gasteiger partial charge in [-0.2, -0.15) is 0 Å². The molecule has 1 amide bonds. The Kier molecular flexibility index (Phi) is 4.78. The highest BCUT2D eigenvalue weighted by atomic mass is 32.2. The number of carbonyl (C=O) groups is 1. The van der Waals surface area contributed by atoms with Crippen LogP contribution in [-0.2, 0) is 14.8 Å². The summed E-state index contributed by atoms with van der Waals surface area (Å²) in [4.78, 5) is 11.2. The van der Waals surface area contributed by atoms with E-state index in [0.717, 1.165) is 12.1 Å². The average Bonchev–Trinajstić information content (AvgIpc) is 2.34. The van der Waals surface area contributed by atoms with Crippen LogP contribution in [0.5, 0.6) is 0 Å². The van der Waals surface area contributed by atoms with Crippen LogP contribution in [0.2, 0.25) is 0 Å². The number of anilines is 1. The van der Waals surface area contributed by atoms with Gasteiger partial charge < -0.3 is 0 Å². The van der Waals surface area contributed by atoms with Crippen LogP contribution in [0.1, 0.15) is 6.92 Å². The molecule has 0 atom stereocenters. The van der Waals surface area contributed by atoms with Gasteiger partial charge in [-0.15, -0.1) is 0 Å². The van der Waals surface area contributed by atoms with Crippen molar-refractivity contribution >= 4 is 21.6 Å². The van der Waals surface area contributed by atoms with E-state index in [2.05, 4.69) is 0 Å². The third kappa shape index (κ3) is 3.86. The number of rotatable bonds is 5. The number of nitrogens with zero attached hydrogens (tertiary/aromatic N) is 1. The molecule has 6 nitrogen and oxygen atoms in total. The second-order valence-corrected chi connectivity index (χ2v) is 5.78. The number of halogens is 2. The quantitative estimate of drug-likeness (QED) is 0.458. The van der Waals surface area contributed by atoms with E-state index < -0.39 is 34.1 Å². The van der Waals surface area contributed by atoms with Crippen LogP contribution in [0.25, 0.3) is 0 Å². The van der Waals surface area contributed by atoms with Crippen molar-refractivity contribution in [1.82, 2.24) is 5.43 Å². The first kappa shape index (κ1) is 15.3. The van der Waals surface area contributed by atoms with Crippen molar-refractivity contribution in [1.29, 1.82) is 0 Å². The lowest BCUT2D eigenvalue weighted by atomic mass is 10.3. The van der Waals surface area contributed by atoms with Crippen molar-refractivity contribution in [2.45, 2.75) is 6.92 Å². The molecule has 0 fully saturated rings. The zero-order chi connectivity index (χ0) is 14.6. The standard InChI is InChI=1S/C10H13F2N3O3S/c1-2-19(17,18)15(6-10(16)14-13)9-4-7(11)3-8(12)5-9/h3-5H,2,6,13H2,1H3,(H,14,16). The topological polar surface area (TPSA) is 92.5 Å². The largest absolute Gasteiger partial charge is 0.293 e. The fourth-order valence-electron chi connectivity index (χ4n) is 1.37. The maximum absolute atomic E-state index is 13.1. The smallest absolute Gasteiger partial charge is 0.254 e. The summed E-state index contributed by atoms with van der Waals surface area (Å²) in [5.74, 6) is 1.85. The second-order valence-electron chi connectivity index (χ2n) is 3.60. The summed E-state index contributed by atoms with van der Waals surface area (Å²) < 4.78 is 50.5. The molecule has 0 unspecified atom stereocenters. The number of amides is 1. The van der Waals surface area contributed by atoms with Gasteiger partial charge in [-0.05, 0) is 19.1 Å². The fraction of sp³-hybridized carbons (Fsp3) is 0.300. The molecule has 19 heavy (non-hydrogen) atoms. The van der Waals surface area contributed by atoms with Crippen molar-refractivity contribution in [3.05, 3.63) is 29.8 Å². The normalized spacial score (nSPS) is 11.2. The van der Waals surface area contributed by atoms with Crippen LogP contribution in [0.15, 0.2) is 18.2 Å². The summed E-state index contributed by atoms with van der Waals surface area (Å²) in [6.07, 6.45) is 0. The van der Waals surface area contributed by atoms with Crippen molar-refractivity contribution < 1.29 is 22.0 Å². The van der Waals surface area contributed by atoms with Crippen LogP contribution in [-0.4, -0.2) is 26.6 Å². The Bertz CT molecular complexity index is 557. The maximum atomic E-state index is 13.1. The van der Waals surface area contributed by atoms with Gasteiger partial charge in [-0.1, -0.05) is 0 Å². The van der Waals surface area contributed by atoms with Crippen molar-refractivity contribution in [2.24, 2.45) is 5.84 Å². The molecule has 9 heteroatoms. The highest BCUT2D eigenvalue weighted by Gasteiger charge is 2.24. The Labute approximate surface area is 109 Å². The van der Waals surface area contributed by atoms with Gasteiger partial charge in [0.1, 0.15) is 18.2 Å². The fourth-order valence-corrected chi connectivity index (χ4v) is 2.42. The molecule has 1 rings (SSSR count). The Morgan fingerprint density at radius 1 is 1.32 bits per heavy atom. The lowest BCUT2D eigenvalue weighted by Crippen LogP contribution is -2.43. The Balaban J connectivity index is 3.27. The summed E-state index contributed by atoms with van der Waals surface area (Å²) in [6, 6.07) is 2.24. The van der Waals surface area contributed by atoms with E-state index in [1.54, 1.807) is 5.43 Å². The SMILES string of the molecule is CCS(=O)(=O)N(CC(=O)NN)c1cc(F)cc(F)c1. The van der Waals surface area contributed by atoms with Gasteiger partial charge in [0.25, 0.3) is 5.91 Å².